The lowest BCUT2D eigenvalue weighted by Crippen LogP contribution is -2.07. The van der Waals surface area contributed by atoms with Gasteiger partial charge in [0.2, 0.25) is 5.69 Å². The molecule has 2 aromatic carbocycles. The second kappa shape index (κ2) is 6.53. The summed E-state index contributed by atoms with van der Waals surface area (Å²) < 4.78 is 1.40. The molecular formula is C19H13N3O4. The normalized spacial score (nSPS) is 10.3. The van der Waals surface area contributed by atoms with Crippen LogP contribution in [0.4, 0.5) is 5.69 Å². The van der Waals surface area contributed by atoms with Gasteiger partial charge < -0.3 is 10.2 Å². The molecule has 1 aromatic heterocycles. The quantitative estimate of drug-likeness (QED) is 0.700. The predicted octanol–water partition coefficient (Wildman–Crippen LogP) is 3.79. The first-order valence-corrected chi connectivity index (χ1v) is 7.57. The monoisotopic (exact) mass is 347 g/mol. The Bertz CT molecular complexity index is 1030. The molecule has 0 unspecified atom stereocenters. The summed E-state index contributed by atoms with van der Waals surface area (Å²) in [5.41, 5.74) is 1.96. The molecular weight excluding hydrogens is 334 g/mol. The van der Waals surface area contributed by atoms with Gasteiger partial charge in [0.05, 0.1) is 29.1 Å². The van der Waals surface area contributed by atoms with Crippen molar-refractivity contribution in [1.29, 1.82) is 0 Å². The Hall–Kier alpha value is -3.92. The van der Waals surface area contributed by atoms with Crippen molar-refractivity contribution in [3.63, 3.8) is 0 Å². The van der Waals surface area contributed by atoms with E-state index in [1.54, 1.807) is 6.92 Å². The maximum absolute atomic E-state index is 11.3. The summed E-state index contributed by atoms with van der Waals surface area (Å²) >= 11 is 0. The molecule has 3 aromatic rings. The number of benzene rings is 2. The molecule has 0 fully saturated rings. The van der Waals surface area contributed by atoms with Crippen molar-refractivity contribution in [3.8, 4) is 16.9 Å². The van der Waals surface area contributed by atoms with E-state index in [9.17, 15) is 19.8 Å². The largest absolute Gasteiger partial charge is 0.478 e. The molecule has 7 nitrogen and oxygen atoms in total. The second-order valence-corrected chi connectivity index (χ2v) is 5.55. The van der Waals surface area contributed by atoms with E-state index in [2.05, 4.69) is 9.94 Å². The van der Waals surface area contributed by atoms with Gasteiger partial charge in [0.15, 0.2) is 0 Å². The van der Waals surface area contributed by atoms with Gasteiger partial charge in [-0.2, -0.15) is 5.10 Å². The molecule has 0 atom stereocenters. The summed E-state index contributed by atoms with van der Waals surface area (Å²) in [6, 6.07) is 12.9. The first-order valence-electron chi connectivity index (χ1n) is 7.57. The van der Waals surface area contributed by atoms with Gasteiger partial charge in [-0.15, -0.1) is 0 Å². The van der Waals surface area contributed by atoms with Gasteiger partial charge in [-0.1, -0.05) is 30.3 Å². The van der Waals surface area contributed by atoms with E-state index in [1.165, 1.54) is 16.8 Å². The molecule has 0 bridgehead atoms. The van der Waals surface area contributed by atoms with Gasteiger partial charge in [-0.3, -0.25) is 0 Å². The first kappa shape index (κ1) is 16.9. The average molecular weight is 347 g/mol. The van der Waals surface area contributed by atoms with E-state index < -0.39 is 11.9 Å². The zero-order valence-corrected chi connectivity index (χ0v) is 13.7. The lowest BCUT2D eigenvalue weighted by molar-refractivity contribution is 0.0696. The molecule has 7 heteroatoms. The summed E-state index contributed by atoms with van der Waals surface area (Å²) in [5, 5.41) is 22.9. The van der Waals surface area contributed by atoms with Gasteiger partial charge in [-0.05, 0) is 30.7 Å². The van der Waals surface area contributed by atoms with Gasteiger partial charge in [-0.25, -0.2) is 19.1 Å². The van der Waals surface area contributed by atoms with Crippen molar-refractivity contribution in [3.05, 3.63) is 76.8 Å². The van der Waals surface area contributed by atoms with Crippen LogP contribution in [0.25, 0.3) is 21.8 Å². The Labute approximate surface area is 148 Å². The minimum Gasteiger partial charge on any atom is -0.478 e. The molecule has 0 radical (unpaired) electrons. The minimum absolute atomic E-state index is 0.166. The van der Waals surface area contributed by atoms with Crippen molar-refractivity contribution < 1.29 is 19.8 Å². The van der Waals surface area contributed by atoms with E-state index in [0.717, 1.165) is 11.6 Å². The van der Waals surface area contributed by atoms with Crippen LogP contribution in [0.5, 0.6) is 0 Å². The van der Waals surface area contributed by atoms with Crippen molar-refractivity contribution in [2.75, 3.05) is 0 Å². The highest BCUT2D eigenvalue weighted by molar-refractivity contribution is 5.95. The number of carboxylic acid groups (broad SMARTS) is 2. The molecule has 0 amide bonds. The highest BCUT2D eigenvalue weighted by atomic mass is 16.4. The molecule has 2 N–H and O–H groups in total. The molecule has 26 heavy (non-hydrogen) atoms. The fourth-order valence-corrected chi connectivity index (χ4v) is 2.65. The smallest absolute Gasteiger partial charge is 0.335 e. The Morgan fingerprint density at radius 3 is 2.12 bits per heavy atom. The van der Waals surface area contributed by atoms with Crippen molar-refractivity contribution in [1.82, 2.24) is 9.78 Å². The predicted molar refractivity (Wildman–Crippen MR) is 93.9 cm³/mol. The van der Waals surface area contributed by atoms with Crippen molar-refractivity contribution in [2.45, 2.75) is 6.92 Å². The third-order valence-electron chi connectivity index (χ3n) is 3.90. The molecule has 0 spiro atoms. The van der Waals surface area contributed by atoms with Gasteiger partial charge in [0, 0.05) is 5.69 Å². The lowest BCUT2D eigenvalue weighted by atomic mass is 10.1. The van der Waals surface area contributed by atoms with Crippen LogP contribution in [-0.4, -0.2) is 31.9 Å². The Balaban J connectivity index is 2.26. The van der Waals surface area contributed by atoms with Gasteiger partial charge >= 0.3 is 11.9 Å². The molecule has 3 rings (SSSR count). The number of rotatable bonds is 4. The lowest BCUT2D eigenvalue weighted by Gasteiger charge is -2.08. The van der Waals surface area contributed by atoms with E-state index >= 15 is 0 Å². The number of carboxylic acids is 2. The maximum Gasteiger partial charge on any atom is 0.335 e. The van der Waals surface area contributed by atoms with E-state index in [4.69, 9.17) is 6.57 Å². The summed E-state index contributed by atoms with van der Waals surface area (Å²) in [4.78, 5) is 26.2. The summed E-state index contributed by atoms with van der Waals surface area (Å²) in [6.07, 6.45) is 0. The number of nitrogens with zero attached hydrogens (tertiary/aromatic N) is 3. The number of aromatic carboxylic acids is 2. The number of carbonyl (C=O) groups is 2. The molecule has 0 saturated carbocycles. The van der Waals surface area contributed by atoms with E-state index in [-0.39, 0.29) is 16.8 Å². The molecule has 0 aliphatic rings. The summed E-state index contributed by atoms with van der Waals surface area (Å²) in [6.45, 7) is 9.14. The zero-order chi connectivity index (χ0) is 18.8. The fourth-order valence-electron chi connectivity index (χ4n) is 2.65. The van der Waals surface area contributed by atoms with Crippen molar-refractivity contribution in [2.24, 2.45) is 0 Å². The molecule has 0 aliphatic heterocycles. The number of aromatic nitrogens is 2. The fraction of sp³-hybridized carbons (Fsp3) is 0.0526. The standard InChI is InChI=1S/C19H13N3O4/c1-11-16(20-2)17(12-6-4-3-5-7-12)21-22(11)15-9-13(18(23)24)8-14(10-15)19(25)26/h3-10H,1H3,(H,23,24)(H,25,26). The Kier molecular flexibility index (Phi) is 4.25. The Morgan fingerprint density at radius 1 is 1.04 bits per heavy atom. The van der Waals surface area contributed by atoms with Crippen LogP contribution < -0.4 is 0 Å². The highest BCUT2D eigenvalue weighted by Crippen LogP contribution is 2.34. The molecule has 0 aliphatic carbocycles. The van der Waals surface area contributed by atoms with Crippen molar-refractivity contribution >= 4 is 17.6 Å². The molecule has 0 saturated heterocycles. The SMILES string of the molecule is [C-]#[N+]c1c(-c2ccccc2)nn(-c2cc(C(=O)O)cc(C(=O)O)c2)c1C. The minimum atomic E-state index is -1.24. The zero-order valence-electron chi connectivity index (χ0n) is 13.7. The molecule has 1 heterocycles. The van der Waals surface area contributed by atoms with Crippen LogP contribution >= 0.6 is 0 Å². The Morgan fingerprint density at radius 2 is 1.62 bits per heavy atom. The summed E-state index contributed by atoms with van der Waals surface area (Å²) in [5.74, 6) is -2.49. The maximum atomic E-state index is 11.3. The topological polar surface area (TPSA) is 96.8 Å². The van der Waals surface area contributed by atoms with Crippen LogP contribution in [-0.2, 0) is 0 Å². The highest BCUT2D eigenvalue weighted by Gasteiger charge is 2.19. The second-order valence-electron chi connectivity index (χ2n) is 5.55. The molecule has 128 valence electrons. The van der Waals surface area contributed by atoms with Crippen LogP contribution in [0.1, 0.15) is 26.4 Å². The van der Waals surface area contributed by atoms with E-state index in [0.29, 0.717) is 17.1 Å². The average Bonchev–Trinajstić information content (AvgIpc) is 2.98. The number of hydrogen-bond donors (Lipinski definition) is 2. The van der Waals surface area contributed by atoms with Crippen LogP contribution in [0, 0.1) is 13.5 Å². The van der Waals surface area contributed by atoms with Crippen LogP contribution in [0.15, 0.2) is 48.5 Å². The van der Waals surface area contributed by atoms with E-state index in [1.807, 2.05) is 30.3 Å². The third-order valence-corrected chi connectivity index (χ3v) is 3.90. The summed E-state index contributed by atoms with van der Waals surface area (Å²) in [7, 11) is 0. The first-order chi connectivity index (χ1) is 12.4. The number of hydrogen-bond acceptors (Lipinski definition) is 3. The third kappa shape index (κ3) is 2.91. The van der Waals surface area contributed by atoms with Crippen LogP contribution in [0.3, 0.4) is 0 Å². The van der Waals surface area contributed by atoms with Gasteiger partial charge in [0.25, 0.3) is 0 Å². The van der Waals surface area contributed by atoms with Gasteiger partial charge in [0.1, 0.15) is 0 Å². The van der Waals surface area contributed by atoms with Crippen LogP contribution in [0.2, 0.25) is 0 Å².